The summed E-state index contributed by atoms with van der Waals surface area (Å²) in [6.45, 7) is 1.83. The van der Waals surface area contributed by atoms with E-state index < -0.39 is 0 Å². The lowest BCUT2D eigenvalue weighted by molar-refractivity contribution is 0.0995. The maximum absolute atomic E-state index is 12.8. The van der Waals surface area contributed by atoms with Crippen LogP contribution in [-0.4, -0.2) is 26.2 Å². The predicted molar refractivity (Wildman–Crippen MR) is 103 cm³/mol. The van der Waals surface area contributed by atoms with Gasteiger partial charge in [-0.3, -0.25) is 4.79 Å². The Hall–Kier alpha value is -2.57. The van der Waals surface area contributed by atoms with Crippen LogP contribution >= 0.6 is 23.4 Å². The number of ketones is 1. The number of benzene rings is 2. The van der Waals surface area contributed by atoms with E-state index in [2.05, 4.69) is 15.2 Å². The molecular formula is C19H14ClN3O2S. The Bertz CT molecular complexity index is 1090. The SMILES string of the molecule is CC(Sc1nnc(-c2cccc(Cl)c2)o1)C(=O)c1c[nH]c2ccccc12. The summed E-state index contributed by atoms with van der Waals surface area (Å²) in [4.78, 5) is 15.9. The van der Waals surface area contributed by atoms with Crippen molar-refractivity contribution in [3.05, 3.63) is 65.3 Å². The van der Waals surface area contributed by atoms with Gasteiger partial charge in [-0.05, 0) is 31.2 Å². The fourth-order valence-corrected chi connectivity index (χ4v) is 3.64. The molecule has 0 fully saturated rings. The normalized spacial score (nSPS) is 12.4. The quantitative estimate of drug-likeness (QED) is 0.377. The maximum atomic E-state index is 12.8. The van der Waals surface area contributed by atoms with E-state index in [9.17, 15) is 4.79 Å². The Morgan fingerprint density at radius 2 is 2.04 bits per heavy atom. The summed E-state index contributed by atoms with van der Waals surface area (Å²) < 4.78 is 5.67. The lowest BCUT2D eigenvalue weighted by Gasteiger charge is -2.06. The van der Waals surface area contributed by atoms with E-state index in [1.807, 2.05) is 43.3 Å². The van der Waals surface area contributed by atoms with Crippen LogP contribution in [0.3, 0.4) is 0 Å². The second kappa shape index (κ2) is 6.97. The standard InChI is InChI=1S/C19H14ClN3O2S/c1-11(17(24)15-10-21-16-8-3-2-7-14(15)16)26-19-23-22-18(25-19)12-5-4-6-13(20)9-12/h2-11,21H,1H3. The van der Waals surface area contributed by atoms with Gasteiger partial charge in [-0.15, -0.1) is 10.2 Å². The van der Waals surface area contributed by atoms with Crippen molar-refractivity contribution in [1.29, 1.82) is 0 Å². The number of rotatable bonds is 5. The molecule has 2 heterocycles. The summed E-state index contributed by atoms with van der Waals surface area (Å²) in [5, 5.41) is 9.57. The molecule has 0 spiro atoms. The van der Waals surface area contributed by atoms with Gasteiger partial charge in [0.25, 0.3) is 5.22 Å². The van der Waals surface area contributed by atoms with Gasteiger partial charge < -0.3 is 9.40 Å². The predicted octanol–water partition coefficient (Wildman–Crippen LogP) is 5.23. The molecule has 1 unspecified atom stereocenters. The molecular weight excluding hydrogens is 370 g/mol. The molecule has 2 aromatic heterocycles. The number of hydrogen-bond donors (Lipinski definition) is 1. The van der Waals surface area contributed by atoms with E-state index >= 15 is 0 Å². The Morgan fingerprint density at radius 1 is 1.19 bits per heavy atom. The molecule has 0 aliphatic carbocycles. The first kappa shape index (κ1) is 16.9. The van der Waals surface area contributed by atoms with Crippen molar-refractivity contribution in [3.63, 3.8) is 0 Å². The lowest BCUT2D eigenvalue weighted by atomic mass is 10.1. The van der Waals surface area contributed by atoms with Crippen molar-refractivity contribution in [2.24, 2.45) is 0 Å². The third-order valence-electron chi connectivity index (χ3n) is 3.98. The second-order valence-electron chi connectivity index (χ2n) is 5.76. The number of halogens is 1. The number of carbonyl (C=O) groups is 1. The molecule has 0 aliphatic rings. The molecule has 0 radical (unpaired) electrons. The van der Waals surface area contributed by atoms with Crippen molar-refractivity contribution < 1.29 is 9.21 Å². The van der Waals surface area contributed by atoms with Gasteiger partial charge in [-0.25, -0.2) is 0 Å². The molecule has 1 N–H and O–H groups in total. The van der Waals surface area contributed by atoms with Gasteiger partial charge in [-0.2, -0.15) is 0 Å². The summed E-state index contributed by atoms with van der Waals surface area (Å²) in [7, 11) is 0. The summed E-state index contributed by atoms with van der Waals surface area (Å²) in [5.41, 5.74) is 2.34. The van der Waals surface area contributed by atoms with E-state index in [1.165, 1.54) is 11.8 Å². The summed E-state index contributed by atoms with van der Waals surface area (Å²) >= 11 is 7.23. The number of thioether (sulfide) groups is 1. The average Bonchev–Trinajstić information content (AvgIpc) is 3.28. The first-order valence-corrected chi connectivity index (χ1v) is 9.24. The number of hydrogen-bond acceptors (Lipinski definition) is 5. The van der Waals surface area contributed by atoms with E-state index in [4.69, 9.17) is 16.0 Å². The third kappa shape index (κ3) is 3.25. The molecule has 0 saturated heterocycles. The van der Waals surface area contributed by atoms with Crippen LogP contribution in [0, 0.1) is 0 Å². The highest BCUT2D eigenvalue weighted by molar-refractivity contribution is 8.00. The van der Waals surface area contributed by atoms with E-state index in [1.54, 1.807) is 18.3 Å². The Morgan fingerprint density at radius 3 is 2.88 bits per heavy atom. The molecule has 0 saturated carbocycles. The van der Waals surface area contributed by atoms with E-state index in [0.717, 1.165) is 16.5 Å². The number of para-hydroxylation sites is 1. The van der Waals surface area contributed by atoms with Crippen molar-refractivity contribution in [2.45, 2.75) is 17.4 Å². The monoisotopic (exact) mass is 383 g/mol. The zero-order chi connectivity index (χ0) is 18.1. The highest BCUT2D eigenvalue weighted by atomic mass is 35.5. The fourth-order valence-electron chi connectivity index (χ4n) is 2.69. The molecule has 130 valence electrons. The third-order valence-corrected chi connectivity index (χ3v) is 5.15. The number of aromatic amines is 1. The molecule has 0 aliphatic heterocycles. The number of Topliss-reactive ketones (excluding diaryl/α,β-unsaturated/α-hetero) is 1. The minimum absolute atomic E-state index is 0.00922. The molecule has 4 rings (SSSR count). The van der Waals surface area contributed by atoms with E-state index in [-0.39, 0.29) is 11.0 Å². The van der Waals surface area contributed by atoms with Crippen LogP contribution in [0.5, 0.6) is 0 Å². The van der Waals surface area contributed by atoms with Crippen molar-refractivity contribution >= 4 is 40.0 Å². The van der Waals surface area contributed by atoms with Crippen LogP contribution < -0.4 is 0 Å². The number of H-pyrrole nitrogens is 1. The fraction of sp³-hybridized carbons (Fsp3) is 0.105. The summed E-state index contributed by atoms with van der Waals surface area (Å²) in [6, 6.07) is 14.9. The highest BCUT2D eigenvalue weighted by Crippen LogP contribution is 2.30. The van der Waals surface area contributed by atoms with E-state index in [0.29, 0.717) is 21.7 Å². The van der Waals surface area contributed by atoms with Crippen LogP contribution in [0.15, 0.2) is 64.4 Å². The number of carbonyl (C=O) groups excluding carboxylic acids is 1. The molecule has 0 bridgehead atoms. The highest BCUT2D eigenvalue weighted by Gasteiger charge is 2.22. The van der Waals surface area contributed by atoms with Gasteiger partial charge in [0.15, 0.2) is 5.78 Å². The van der Waals surface area contributed by atoms with Gasteiger partial charge in [0.2, 0.25) is 5.89 Å². The minimum Gasteiger partial charge on any atom is -0.411 e. The van der Waals surface area contributed by atoms with Crippen LogP contribution in [0.25, 0.3) is 22.4 Å². The largest absolute Gasteiger partial charge is 0.411 e. The Kier molecular flexibility index (Phi) is 4.53. The Labute approximate surface area is 158 Å². The molecule has 0 amide bonds. The molecule has 2 aromatic carbocycles. The first-order chi connectivity index (χ1) is 12.6. The molecule has 5 nitrogen and oxygen atoms in total. The van der Waals surface area contributed by atoms with Gasteiger partial charge in [0.05, 0.1) is 5.25 Å². The van der Waals surface area contributed by atoms with Crippen LogP contribution in [0.2, 0.25) is 5.02 Å². The van der Waals surface area contributed by atoms with Crippen molar-refractivity contribution in [1.82, 2.24) is 15.2 Å². The minimum atomic E-state index is -0.359. The van der Waals surface area contributed by atoms with Gasteiger partial charge in [-0.1, -0.05) is 47.6 Å². The van der Waals surface area contributed by atoms with Gasteiger partial charge in [0, 0.05) is 33.2 Å². The number of nitrogens with zero attached hydrogens (tertiary/aromatic N) is 2. The summed E-state index contributed by atoms with van der Waals surface area (Å²) in [5.74, 6) is 0.386. The van der Waals surface area contributed by atoms with Crippen molar-refractivity contribution in [2.75, 3.05) is 0 Å². The maximum Gasteiger partial charge on any atom is 0.277 e. The zero-order valence-electron chi connectivity index (χ0n) is 13.8. The average molecular weight is 384 g/mol. The van der Waals surface area contributed by atoms with Crippen LogP contribution in [0.4, 0.5) is 0 Å². The topological polar surface area (TPSA) is 71.8 Å². The van der Waals surface area contributed by atoms with Gasteiger partial charge in [0.1, 0.15) is 0 Å². The van der Waals surface area contributed by atoms with Gasteiger partial charge >= 0.3 is 0 Å². The summed E-state index contributed by atoms with van der Waals surface area (Å²) in [6.07, 6.45) is 1.75. The number of fused-ring (bicyclic) bond motifs is 1. The first-order valence-electron chi connectivity index (χ1n) is 7.98. The number of nitrogens with one attached hydrogen (secondary N) is 1. The molecule has 7 heteroatoms. The van der Waals surface area contributed by atoms with Crippen LogP contribution in [-0.2, 0) is 0 Å². The zero-order valence-corrected chi connectivity index (χ0v) is 15.3. The molecule has 1 atom stereocenters. The Balaban J connectivity index is 1.53. The lowest BCUT2D eigenvalue weighted by Crippen LogP contribution is -2.13. The smallest absolute Gasteiger partial charge is 0.277 e. The van der Waals surface area contributed by atoms with Crippen molar-refractivity contribution in [3.8, 4) is 11.5 Å². The van der Waals surface area contributed by atoms with Crippen LogP contribution in [0.1, 0.15) is 17.3 Å². The number of aromatic nitrogens is 3. The molecule has 4 aromatic rings. The molecule has 26 heavy (non-hydrogen) atoms. The second-order valence-corrected chi connectivity index (χ2v) is 7.48.